The van der Waals surface area contributed by atoms with Gasteiger partial charge in [0.15, 0.2) is 0 Å². The summed E-state index contributed by atoms with van der Waals surface area (Å²) in [6.45, 7) is 16.2. The van der Waals surface area contributed by atoms with Crippen molar-refractivity contribution in [2.75, 3.05) is 0 Å². The van der Waals surface area contributed by atoms with E-state index >= 15 is 0 Å². The van der Waals surface area contributed by atoms with E-state index in [2.05, 4.69) is 143 Å². The maximum absolute atomic E-state index is 6.71. The van der Waals surface area contributed by atoms with Gasteiger partial charge in [0.2, 0.25) is 0 Å². The zero-order chi connectivity index (χ0) is 39.0. The van der Waals surface area contributed by atoms with Crippen LogP contribution in [-0.2, 0) is 20.1 Å². The molecule has 0 bridgehead atoms. The van der Waals surface area contributed by atoms with E-state index in [0.717, 1.165) is 55.4 Å². The van der Waals surface area contributed by atoms with Crippen LogP contribution in [0.5, 0.6) is 0 Å². The van der Waals surface area contributed by atoms with Crippen LogP contribution in [0.15, 0.2) is 148 Å². The number of para-hydroxylation sites is 1. The fourth-order valence-corrected chi connectivity index (χ4v) is 8.55. The number of aromatic nitrogens is 2. The molecular formula is C51H46IrN2O2Si-2. The van der Waals surface area contributed by atoms with Gasteiger partial charge in [0, 0.05) is 37.3 Å². The monoisotopic (exact) mass is 939 g/mol. The molecule has 0 amide bonds. The molecule has 4 nitrogen and oxygen atoms in total. The van der Waals surface area contributed by atoms with E-state index in [1.807, 2.05) is 54.6 Å². The van der Waals surface area contributed by atoms with Gasteiger partial charge in [0.25, 0.3) is 0 Å². The Morgan fingerprint density at radius 3 is 2.02 bits per heavy atom. The fourth-order valence-electron chi connectivity index (χ4n) is 7.40. The first-order valence-corrected chi connectivity index (χ1v) is 23.0. The maximum atomic E-state index is 6.71. The summed E-state index contributed by atoms with van der Waals surface area (Å²) in [5, 5.41) is 3.54. The number of nitrogens with zero attached hydrogens (tertiary/aromatic N) is 2. The van der Waals surface area contributed by atoms with Crippen molar-refractivity contribution >= 4 is 46.3 Å². The van der Waals surface area contributed by atoms with Crippen LogP contribution in [0.25, 0.3) is 78.0 Å². The molecular weight excluding hydrogens is 893 g/mol. The SMILES string of the molecule is CC(C)c1cc(-c2ccccc2)cc(C(C)C)c1-c1cccc2nc(-c3[c-]ccc4c3oc3cc([Si](C)(C)C)ccc34)oc12.[Ir].[c-]1ccccc1-c1ccccn1. The van der Waals surface area contributed by atoms with Crippen molar-refractivity contribution in [3.8, 4) is 45.0 Å². The Labute approximate surface area is 350 Å². The average molecular weight is 939 g/mol. The van der Waals surface area contributed by atoms with E-state index in [-0.39, 0.29) is 20.1 Å². The summed E-state index contributed by atoms with van der Waals surface area (Å²) in [6, 6.07) is 52.6. The molecule has 57 heavy (non-hydrogen) atoms. The largest absolute Gasteiger partial charge is 0.500 e. The van der Waals surface area contributed by atoms with Crippen LogP contribution >= 0.6 is 0 Å². The fraction of sp³-hybridized carbons (Fsp3) is 0.176. The smallest absolute Gasteiger partial charge is 0.149 e. The molecule has 6 heteroatoms. The van der Waals surface area contributed by atoms with Crippen LogP contribution in [0.4, 0.5) is 0 Å². The van der Waals surface area contributed by atoms with Crippen LogP contribution in [0, 0.1) is 12.1 Å². The molecule has 6 aromatic carbocycles. The summed E-state index contributed by atoms with van der Waals surface area (Å²) < 4.78 is 13.2. The van der Waals surface area contributed by atoms with Gasteiger partial charge in [-0.1, -0.05) is 137 Å². The van der Waals surface area contributed by atoms with Gasteiger partial charge in [-0.3, -0.25) is 4.98 Å². The maximum Gasteiger partial charge on any atom is 0.149 e. The Balaban J connectivity index is 0.000000326. The minimum Gasteiger partial charge on any atom is -0.500 e. The van der Waals surface area contributed by atoms with Crippen molar-refractivity contribution in [1.29, 1.82) is 0 Å². The molecule has 0 aliphatic heterocycles. The normalized spacial score (nSPS) is 11.6. The van der Waals surface area contributed by atoms with Crippen LogP contribution in [0.2, 0.25) is 19.6 Å². The summed E-state index contributed by atoms with van der Waals surface area (Å²) >= 11 is 0. The molecule has 0 aliphatic carbocycles. The zero-order valence-electron chi connectivity index (χ0n) is 33.5. The van der Waals surface area contributed by atoms with Crippen LogP contribution < -0.4 is 5.19 Å². The van der Waals surface area contributed by atoms with Crippen molar-refractivity contribution in [1.82, 2.24) is 9.97 Å². The molecule has 0 aliphatic rings. The predicted octanol–water partition coefficient (Wildman–Crippen LogP) is 13.9. The van der Waals surface area contributed by atoms with Crippen molar-refractivity contribution in [3.63, 3.8) is 0 Å². The van der Waals surface area contributed by atoms with Gasteiger partial charge in [-0.25, -0.2) is 0 Å². The Morgan fingerprint density at radius 1 is 0.614 bits per heavy atom. The first-order valence-electron chi connectivity index (χ1n) is 19.5. The molecule has 0 fully saturated rings. The second kappa shape index (κ2) is 16.6. The first kappa shape index (κ1) is 39.8. The van der Waals surface area contributed by atoms with Gasteiger partial charge in [0.1, 0.15) is 17.1 Å². The molecule has 1 radical (unpaired) electrons. The van der Waals surface area contributed by atoms with E-state index in [1.54, 1.807) is 6.20 Å². The number of hydrogen-bond acceptors (Lipinski definition) is 4. The summed E-state index contributed by atoms with van der Waals surface area (Å²) in [5.41, 5.74) is 13.5. The molecule has 0 spiro atoms. The summed E-state index contributed by atoms with van der Waals surface area (Å²) in [6.07, 6.45) is 1.79. The number of pyridine rings is 1. The van der Waals surface area contributed by atoms with E-state index in [0.29, 0.717) is 17.7 Å². The number of oxazole rings is 1. The molecule has 0 N–H and O–H groups in total. The molecule has 9 rings (SSSR count). The Morgan fingerprint density at radius 2 is 1.35 bits per heavy atom. The number of furan rings is 1. The van der Waals surface area contributed by atoms with E-state index in [9.17, 15) is 0 Å². The molecule has 287 valence electrons. The van der Waals surface area contributed by atoms with Crippen molar-refractivity contribution in [3.05, 3.63) is 163 Å². The standard InChI is InChI=1S/C40H38NO2Si.C11H8N.Ir/c1-24(2)33-21-27(26-13-9-8-10-14-26)22-34(25(3)4)37(33)31-16-12-18-35-39(31)43-40(41-35)32-17-11-15-30-29-20-19-28(44(5,6)7)23-36(29)42-38(30)32;1-2-6-10(7-3-1)11-8-4-5-9-12-11;/h8-16,18-25H,1-7H3;1-6,8-9H;/q2*-1;. The second-order valence-electron chi connectivity index (χ2n) is 16.0. The first-order chi connectivity index (χ1) is 27.1. The number of benzene rings is 6. The molecule has 0 saturated heterocycles. The predicted molar refractivity (Wildman–Crippen MR) is 236 cm³/mol. The second-order valence-corrected chi connectivity index (χ2v) is 21.1. The number of hydrogen-bond donors (Lipinski definition) is 0. The minimum atomic E-state index is -1.49. The Bertz CT molecular complexity index is 2720. The molecule has 0 unspecified atom stereocenters. The van der Waals surface area contributed by atoms with Gasteiger partial charge in [-0.2, -0.15) is 0 Å². The molecule has 9 aromatic rings. The van der Waals surface area contributed by atoms with Crippen LogP contribution in [0.3, 0.4) is 0 Å². The molecule has 3 heterocycles. The molecule has 0 saturated carbocycles. The van der Waals surface area contributed by atoms with Gasteiger partial charge in [0.05, 0.1) is 19.2 Å². The third kappa shape index (κ3) is 8.08. The van der Waals surface area contributed by atoms with Gasteiger partial charge >= 0.3 is 0 Å². The van der Waals surface area contributed by atoms with Gasteiger partial charge in [-0.05, 0) is 69.1 Å². The Hall–Kier alpha value is -5.39. The van der Waals surface area contributed by atoms with E-state index < -0.39 is 8.07 Å². The molecule has 3 aromatic heterocycles. The molecule has 0 atom stereocenters. The minimum absolute atomic E-state index is 0. The van der Waals surface area contributed by atoms with E-state index in [1.165, 1.54) is 33.0 Å². The summed E-state index contributed by atoms with van der Waals surface area (Å²) in [5.74, 6) is 1.17. The topological polar surface area (TPSA) is 52.1 Å². The Kier molecular flexibility index (Phi) is 11.6. The van der Waals surface area contributed by atoms with Crippen LogP contribution in [0.1, 0.15) is 50.7 Å². The van der Waals surface area contributed by atoms with Crippen molar-refractivity contribution < 1.29 is 28.9 Å². The summed E-state index contributed by atoms with van der Waals surface area (Å²) in [4.78, 5) is 9.23. The van der Waals surface area contributed by atoms with Crippen molar-refractivity contribution in [2.45, 2.75) is 59.2 Å². The van der Waals surface area contributed by atoms with Gasteiger partial charge < -0.3 is 13.8 Å². The number of fused-ring (bicyclic) bond motifs is 4. The zero-order valence-corrected chi connectivity index (χ0v) is 36.9. The third-order valence-corrected chi connectivity index (χ3v) is 12.4. The van der Waals surface area contributed by atoms with Crippen molar-refractivity contribution in [2.24, 2.45) is 0 Å². The average Bonchev–Trinajstić information content (AvgIpc) is 3.83. The van der Waals surface area contributed by atoms with Gasteiger partial charge in [-0.15, -0.1) is 54.1 Å². The third-order valence-electron chi connectivity index (χ3n) is 10.4. The van der Waals surface area contributed by atoms with E-state index in [4.69, 9.17) is 13.8 Å². The summed E-state index contributed by atoms with van der Waals surface area (Å²) in [7, 11) is -1.49. The number of rotatable bonds is 7. The quantitative estimate of drug-likeness (QED) is 0.118. The van der Waals surface area contributed by atoms with Crippen LogP contribution in [-0.4, -0.2) is 18.0 Å².